The second kappa shape index (κ2) is 5.06. The van der Waals surface area contributed by atoms with Gasteiger partial charge in [0.2, 0.25) is 0 Å². The first kappa shape index (κ1) is 11.7. The minimum absolute atomic E-state index is 0.564. The molecule has 88 valence electrons. The van der Waals surface area contributed by atoms with Crippen LogP contribution in [0.4, 0.5) is 0 Å². The number of hydrogen-bond acceptors (Lipinski definition) is 3. The van der Waals surface area contributed by atoms with Crippen LogP contribution >= 0.6 is 15.9 Å². The van der Waals surface area contributed by atoms with Gasteiger partial charge in [-0.25, -0.2) is 0 Å². The van der Waals surface area contributed by atoms with Crippen molar-refractivity contribution in [2.75, 3.05) is 27.3 Å². The second-order valence-corrected chi connectivity index (χ2v) is 4.69. The summed E-state index contributed by atoms with van der Waals surface area (Å²) in [6.07, 6.45) is 1.17. The molecule has 1 unspecified atom stereocenters. The molecule has 0 aromatic heterocycles. The third kappa shape index (κ3) is 2.04. The van der Waals surface area contributed by atoms with Crippen LogP contribution in [0.3, 0.4) is 0 Å². The molecule has 0 bridgehead atoms. The van der Waals surface area contributed by atoms with Crippen LogP contribution in [0.15, 0.2) is 16.6 Å². The molecule has 1 saturated heterocycles. The molecule has 1 N–H and O–H groups in total. The topological polar surface area (TPSA) is 30.5 Å². The van der Waals surface area contributed by atoms with Gasteiger partial charge in [-0.05, 0) is 46.4 Å². The van der Waals surface area contributed by atoms with Gasteiger partial charge >= 0.3 is 0 Å². The molecule has 1 aliphatic rings. The normalized spacial score (nSPS) is 19.8. The Balaban J connectivity index is 2.39. The summed E-state index contributed by atoms with van der Waals surface area (Å²) in [5.74, 6) is 2.12. The Labute approximate surface area is 104 Å². The average Bonchev–Trinajstić information content (AvgIpc) is 2.81. The molecule has 1 heterocycles. The van der Waals surface area contributed by atoms with E-state index in [0.29, 0.717) is 5.92 Å². The van der Waals surface area contributed by atoms with Gasteiger partial charge in [0, 0.05) is 6.54 Å². The lowest BCUT2D eigenvalue weighted by molar-refractivity contribution is 0.352. The Morgan fingerprint density at radius 3 is 2.69 bits per heavy atom. The SMILES string of the molecule is COc1ccc(C2CCNC2)c(Br)c1OC. The number of ether oxygens (including phenoxy) is 2. The molecule has 4 heteroatoms. The first-order valence-electron chi connectivity index (χ1n) is 5.39. The Bertz CT molecular complexity index is 376. The van der Waals surface area contributed by atoms with E-state index in [4.69, 9.17) is 9.47 Å². The van der Waals surface area contributed by atoms with Crippen molar-refractivity contribution in [3.05, 3.63) is 22.2 Å². The number of nitrogens with one attached hydrogen (secondary N) is 1. The first-order valence-corrected chi connectivity index (χ1v) is 6.18. The maximum atomic E-state index is 5.37. The quantitative estimate of drug-likeness (QED) is 0.926. The van der Waals surface area contributed by atoms with E-state index in [1.165, 1.54) is 12.0 Å². The van der Waals surface area contributed by atoms with Gasteiger partial charge in [-0.1, -0.05) is 6.07 Å². The lowest BCUT2D eigenvalue weighted by atomic mass is 9.98. The fourth-order valence-corrected chi connectivity index (χ4v) is 2.95. The molecule has 1 aromatic carbocycles. The molecule has 1 fully saturated rings. The van der Waals surface area contributed by atoms with Gasteiger partial charge in [0.25, 0.3) is 0 Å². The van der Waals surface area contributed by atoms with Crippen LogP contribution in [-0.4, -0.2) is 27.3 Å². The summed E-state index contributed by atoms with van der Waals surface area (Å²) >= 11 is 3.61. The molecule has 0 aliphatic carbocycles. The van der Waals surface area contributed by atoms with E-state index in [9.17, 15) is 0 Å². The first-order chi connectivity index (χ1) is 7.77. The number of hydrogen-bond donors (Lipinski definition) is 1. The van der Waals surface area contributed by atoms with Crippen molar-refractivity contribution < 1.29 is 9.47 Å². The molecular formula is C12H16BrNO2. The maximum absolute atomic E-state index is 5.37. The van der Waals surface area contributed by atoms with E-state index in [1.807, 2.05) is 6.07 Å². The molecule has 0 saturated carbocycles. The summed E-state index contributed by atoms with van der Waals surface area (Å²) in [5, 5.41) is 3.37. The van der Waals surface area contributed by atoms with Crippen molar-refractivity contribution in [3.8, 4) is 11.5 Å². The van der Waals surface area contributed by atoms with Crippen molar-refractivity contribution in [3.63, 3.8) is 0 Å². The Morgan fingerprint density at radius 1 is 1.31 bits per heavy atom. The molecule has 1 atom stereocenters. The zero-order chi connectivity index (χ0) is 11.5. The number of halogens is 1. The van der Waals surface area contributed by atoms with Gasteiger partial charge in [-0.3, -0.25) is 0 Å². The highest BCUT2D eigenvalue weighted by molar-refractivity contribution is 9.10. The summed E-state index contributed by atoms with van der Waals surface area (Å²) in [5.41, 5.74) is 1.29. The third-order valence-corrected chi connectivity index (χ3v) is 3.83. The molecule has 3 nitrogen and oxygen atoms in total. The van der Waals surface area contributed by atoms with Gasteiger partial charge in [-0.15, -0.1) is 0 Å². The van der Waals surface area contributed by atoms with Gasteiger partial charge in [0.1, 0.15) is 0 Å². The molecular weight excluding hydrogens is 270 g/mol. The Hall–Kier alpha value is -0.740. The molecule has 1 aromatic rings. The van der Waals surface area contributed by atoms with Crippen molar-refractivity contribution in [1.82, 2.24) is 5.32 Å². The molecule has 0 radical (unpaired) electrons. The predicted molar refractivity (Wildman–Crippen MR) is 67.5 cm³/mol. The third-order valence-electron chi connectivity index (χ3n) is 3.02. The van der Waals surface area contributed by atoms with Crippen molar-refractivity contribution in [2.24, 2.45) is 0 Å². The largest absolute Gasteiger partial charge is 0.493 e. The predicted octanol–water partition coefficient (Wildman–Crippen LogP) is 2.54. The average molecular weight is 286 g/mol. The van der Waals surface area contributed by atoms with Crippen LogP contribution in [0.1, 0.15) is 17.9 Å². The molecule has 2 rings (SSSR count). The highest BCUT2D eigenvalue weighted by atomic mass is 79.9. The smallest absolute Gasteiger partial charge is 0.175 e. The minimum atomic E-state index is 0.564. The summed E-state index contributed by atoms with van der Waals surface area (Å²) in [6, 6.07) is 4.08. The van der Waals surface area contributed by atoms with Crippen LogP contribution in [0.25, 0.3) is 0 Å². The molecule has 0 spiro atoms. The van der Waals surface area contributed by atoms with E-state index in [1.54, 1.807) is 14.2 Å². The lowest BCUT2D eigenvalue weighted by Crippen LogP contribution is -2.08. The molecule has 1 aliphatic heterocycles. The summed E-state index contributed by atoms with van der Waals surface area (Å²) in [6.45, 7) is 2.12. The lowest BCUT2D eigenvalue weighted by Gasteiger charge is -2.16. The summed E-state index contributed by atoms with van der Waals surface area (Å²) < 4.78 is 11.7. The van der Waals surface area contributed by atoms with Crippen LogP contribution in [0.5, 0.6) is 11.5 Å². The minimum Gasteiger partial charge on any atom is -0.493 e. The van der Waals surface area contributed by atoms with Crippen molar-refractivity contribution in [2.45, 2.75) is 12.3 Å². The second-order valence-electron chi connectivity index (χ2n) is 3.89. The van der Waals surface area contributed by atoms with E-state index in [0.717, 1.165) is 29.1 Å². The summed E-state index contributed by atoms with van der Waals surface area (Å²) in [7, 11) is 3.32. The van der Waals surface area contributed by atoms with E-state index in [-0.39, 0.29) is 0 Å². The molecule has 16 heavy (non-hydrogen) atoms. The summed E-state index contributed by atoms with van der Waals surface area (Å²) in [4.78, 5) is 0. The van der Waals surface area contributed by atoms with E-state index >= 15 is 0 Å². The van der Waals surface area contributed by atoms with Crippen LogP contribution in [-0.2, 0) is 0 Å². The standard InChI is InChI=1S/C12H16BrNO2/c1-15-10-4-3-9(8-5-6-14-7-8)11(13)12(10)16-2/h3-4,8,14H,5-7H2,1-2H3. The zero-order valence-corrected chi connectivity index (χ0v) is 11.1. The Morgan fingerprint density at radius 2 is 2.12 bits per heavy atom. The zero-order valence-electron chi connectivity index (χ0n) is 9.55. The van der Waals surface area contributed by atoms with E-state index < -0.39 is 0 Å². The van der Waals surface area contributed by atoms with Crippen LogP contribution < -0.4 is 14.8 Å². The highest BCUT2D eigenvalue weighted by Crippen LogP contribution is 2.41. The van der Waals surface area contributed by atoms with Crippen molar-refractivity contribution >= 4 is 15.9 Å². The molecule has 0 amide bonds. The monoisotopic (exact) mass is 285 g/mol. The van der Waals surface area contributed by atoms with Gasteiger partial charge in [0.05, 0.1) is 18.7 Å². The van der Waals surface area contributed by atoms with E-state index in [2.05, 4.69) is 27.3 Å². The fraction of sp³-hybridized carbons (Fsp3) is 0.500. The number of methoxy groups -OCH3 is 2. The number of rotatable bonds is 3. The van der Waals surface area contributed by atoms with Crippen LogP contribution in [0, 0.1) is 0 Å². The van der Waals surface area contributed by atoms with Gasteiger partial charge < -0.3 is 14.8 Å². The van der Waals surface area contributed by atoms with Crippen molar-refractivity contribution in [1.29, 1.82) is 0 Å². The van der Waals surface area contributed by atoms with Gasteiger partial charge in [-0.2, -0.15) is 0 Å². The van der Waals surface area contributed by atoms with Crippen LogP contribution in [0.2, 0.25) is 0 Å². The maximum Gasteiger partial charge on any atom is 0.175 e. The number of benzene rings is 1. The Kier molecular flexibility index (Phi) is 3.71. The fourth-order valence-electron chi connectivity index (χ4n) is 2.14. The highest BCUT2D eigenvalue weighted by Gasteiger charge is 2.22. The van der Waals surface area contributed by atoms with Gasteiger partial charge in [0.15, 0.2) is 11.5 Å².